The smallest absolute Gasteiger partial charge is 0.338 e. The Hall–Kier alpha value is -4.18. The first-order valence-electron chi connectivity index (χ1n) is 13.9. The third-order valence-electron chi connectivity index (χ3n) is 7.88. The van der Waals surface area contributed by atoms with Crippen molar-refractivity contribution in [2.75, 3.05) is 50.9 Å². The van der Waals surface area contributed by atoms with Crippen molar-refractivity contribution in [3.63, 3.8) is 0 Å². The zero-order valence-electron chi connectivity index (χ0n) is 22.6. The summed E-state index contributed by atoms with van der Waals surface area (Å²) >= 11 is 0. The van der Waals surface area contributed by atoms with Crippen molar-refractivity contribution in [3.8, 4) is 11.1 Å². The number of ether oxygens (including phenoxy) is 2. The first kappa shape index (κ1) is 27.0. The number of rotatable bonds is 9. The monoisotopic (exact) mass is 553 g/mol. The number of esters is 1. The van der Waals surface area contributed by atoms with Crippen LogP contribution in [0.2, 0.25) is 0 Å². The largest absolute Gasteiger partial charge is 0.454 e. The van der Waals surface area contributed by atoms with Gasteiger partial charge in [0.15, 0.2) is 12.4 Å². The van der Waals surface area contributed by atoms with E-state index in [1.54, 1.807) is 18.2 Å². The summed E-state index contributed by atoms with van der Waals surface area (Å²) in [6.07, 6.45) is 0.856. The van der Waals surface area contributed by atoms with E-state index in [0.29, 0.717) is 31.0 Å². The second-order valence-electron chi connectivity index (χ2n) is 10.5. The second kappa shape index (κ2) is 11.7. The van der Waals surface area contributed by atoms with E-state index < -0.39 is 12.0 Å². The Kier molecular flexibility index (Phi) is 7.74. The van der Waals surface area contributed by atoms with Gasteiger partial charge in [0, 0.05) is 31.7 Å². The number of nitrogens with zero attached hydrogens (tertiary/aromatic N) is 2. The molecule has 1 N–H and O–H groups in total. The number of amides is 2. The van der Waals surface area contributed by atoms with Crippen LogP contribution in [0.1, 0.15) is 38.3 Å². The lowest BCUT2D eigenvalue weighted by Gasteiger charge is -2.27. The molecule has 0 bridgehead atoms. The zero-order chi connectivity index (χ0) is 28.3. The van der Waals surface area contributed by atoms with Crippen molar-refractivity contribution >= 4 is 29.3 Å². The van der Waals surface area contributed by atoms with Gasteiger partial charge in [-0.25, -0.2) is 9.69 Å². The number of fused-ring (bicyclic) bond motifs is 3. The van der Waals surface area contributed by atoms with Gasteiger partial charge in [0.1, 0.15) is 0 Å². The van der Waals surface area contributed by atoms with E-state index in [0.717, 1.165) is 42.1 Å². The van der Waals surface area contributed by atoms with Crippen molar-refractivity contribution in [1.82, 2.24) is 10.2 Å². The molecule has 2 aliphatic heterocycles. The van der Waals surface area contributed by atoms with E-state index in [4.69, 9.17) is 9.47 Å². The van der Waals surface area contributed by atoms with Crippen molar-refractivity contribution in [1.29, 1.82) is 0 Å². The van der Waals surface area contributed by atoms with Crippen LogP contribution in [0.5, 0.6) is 0 Å². The van der Waals surface area contributed by atoms with Crippen LogP contribution in [-0.4, -0.2) is 80.5 Å². The zero-order valence-corrected chi connectivity index (χ0v) is 22.6. The number of anilines is 1. The first-order valence-corrected chi connectivity index (χ1v) is 13.9. The lowest BCUT2D eigenvalue weighted by atomic mass is 10.0. The van der Waals surface area contributed by atoms with E-state index in [1.165, 1.54) is 23.3 Å². The maximum Gasteiger partial charge on any atom is 0.338 e. The lowest BCUT2D eigenvalue weighted by molar-refractivity contribution is -0.121. The molecule has 1 unspecified atom stereocenters. The number of hydrogen-bond donors (Lipinski definition) is 1. The molecule has 9 nitrogen and oxygen atoms in total. The number of benzene rings is 3. The number of hydrogen-bond acceptors (Lipinski definition) is 8. The van der Waals surface area contributed by atoms with Gasteiger partial charge in [-0.2, -0.15) is 0 Å². The minimum absolute atomic E-state index is 0.0859. The Morgan fingerprint density at radius 1 is 0.902 bits per heavy atom. The molecule has 210 valence electrons. The van der Waals surface area contributed by atoms with Crippen LogP contribution >= 0.6 is 0 Å². The number of nitrogens with one attached hydrogen (secondary N) is 1. The average Bonchev–Trinajstić information content (AvgIpc) is 3.51. The molecule has 2 amide bonds. The summed E-state index contributed by atoms with van der Waals surface area (Å²) in [5.41, 5.74) is 5.74. The fourth-order valence-electron chi connectivity index (χ4n) is 5.65. The summed E-state index contributed by atoms with van der Waals surface area (Å²) in [7, 11) is 0. The van der Waals surface area contributed by atoms with Crippen molar-refractivity contribution < 1.29 is 28.7 Å². The molecular weight excluding hydrogens is 522 g/mol. The highest BCUT2D eigenvalue weighted by Crippen LogP contribution is 2.36. The van der Waals surface area contributed by atoms with Crippen LogP contribution in [0.3, 0.4) is 0 Å². The first-order chi connectivity index (χ1) is 20.0. The van der Waals surface area contributed by atoms with E-state index >= 15 is 0 Å². The van der Waals surface area contributed by atoms with Gasteiger partial charge in [0.2, 0.25) is 5.91 Å². The van der Waals surface area contributed by atoms with Gasteiger partial charge >= 0.3 is 5.97 Å². The average molecular weight is 554 g/mol. The molecule has 3 aromatic carbocycles. The van der Waals surface area contributed by atoms with Crippen LogP contribution in [0.4, 0.5) is 5.69 Å². The molecule has 41 heavy (non-hydrogen) atoms. The molecule has 0 radical (unpaired) electrons. The quantitative estimate of drug-likeness (QED) is 0.192. The van der Waals surface area contributed by atoms with E-state index in [-0.39, 0.29) is 36.2 Å². The molecular formula is C32H31N3O6. The Labute approximate surface area is 238 Å². The minimum Gasteiger partial charge on any atom is -0.454 e. The minimum atomic E-state index is -0.653. The Morgan fingerprint density at radius 2 is 1.63 bits per heavy atom. The molecule has 3 aliphatic rings. The van der Waals surface area contributed by atoms with Gasteiger partial charge in [-0.05, 0) is 59.0 Å². The molecule has 2 fully saturated rings. The number of imide groups is 1. The number of morpholine rings is 1. The predicted molar refractivity (Wildman–Crippen MR) is 152 cm³/mol. The van der Waals surface area contributed by atoms with Gasteiger partial charge in [-0.1, -0.05) is 36.4 Å². The topological polar surface area (TPSA) is 105 Å². The van der Waals surface area contributed by atoms with Crippen molar-refractivity contribution in [2.45, 2.75) is 18.9 Å². The van der Waals surface area contributed by atoms with E-state index in [2.05, 4.69) is 22.3 Å². The Balaban J connectivity index is 1.01. The maximum absolute atomic E-state index is 12.9. The summed E-state index contributed by atoms with van der Waals surface area (Å²) in [6.45, 7) is 4.13. The van der Waals surface area contributed by atoms with Crippen molar-refractivity contribution in [3.05, 3.63) is 89.0 Å². The maximum atomic E-state index is 12.9. The predicted octanol–water partition coefficient (Wildman–Crippen LogP) is 2.85. The van der Waals surface area contributed by atoms with Crippen LogP contribution in [0.15, 0.2) is 66.7 Å². The van der Waals surface area contributed by atoms with Gasteiger partial charge < -0.3 is 14.8 Å². The highest BCUT2D eigenvalue weighted by Gasteiger charge is 2.39. The molecule has 1 atom stereocenters. The summed E-state index contributed by atoms with van der Waals surface area (Å²) in [5, 5.41) is 3.20. The van der Waals surface area contributed by atoms with Crippen LogP contribution in [-0.2, 0) is 25.5 Å². The number of Topliss-reactive ketones (excluding diaryl/α,β-unsaturated/α-hetero) is 1. The number of ketones is 1. The van der Waals surface area contributed by atoms with Crippen LogP contribution in [0.25, 0.3) is 11.1 Å². The highest BCUT2D eigenvalue weighted by molar-refractivity contribution is 6.22. The van der Waals surface area contributed by atoms with Gasteiger partial charge in [0.05, 0.1) is 36.9 Å². The van der Waals surface area contributed by atoms with Crippen LogP contribution < -0.4 is 10.2 Å². The molecule has 2 heterocycles. The number of carbonyl (C=O) groups excluding carboxylic acids is 4. The summed E-state index contributed by atoms with van der Waals surface area (Å²) in [6, 6.07) is 19.3. The standard InChI is InChI=1S/C32H31N3O6/c36-29(23-7-10-27-24(18-23)17-22-3-1-2-4-26(22)27)20-41-32(39)21-5-8-25(9-6-21)35-30(37)19-28(31(35)38)33-11-12-34-13-15-40-16-14-34/h1-10,18,28,33H,11-17,19-20H2. The summed E-state index contributed by atoms with van der Waals surface area (Å²) < 4.78 is 10.6. The third-order valence-corrected chi connectivity index (χ3v) is 7.88. The molecule has 0 spiro atoms. The highest BCUT2D eigenvalue weighted by atomic mass is 16.5. The van der Waals surface area contributed by atoms with Crippen molar-refractivity contribution in [2.24, 2.45) is 0 Å². The van der Waals surface area contributed by atoms with Gasteiger partial charge in [-0.3, -0.25) is 19.3 Å². The normalized spacial score (nSPS) is 18.3. The molecule has 9 heteroatoms. The summed E-state index contributed by atoms with van der Waals surface area (Å²) in [4.78, 5) is 54.4. The molecule has 2 saturated heterocycles. The third kappa shape index (κ3) is 5.69. The van der Waals surface area contributed by atoms with Crippen LogP contribution in [0, 0.1) is 0 Å². The molecule has 6 rings (SSSR count). The molecule has 0 aromatic heterocycles. The Bertz CT molecular complexity index is 1500. The molecule has 3 aromatic rings. The lowest BCUT2D eigenvalue weighted by Crippen LogP contribution is -2.44. The van der Waals surface area contributed by atoms with E-state index in [9.17, 15) is 19.2 Å². The van der Waals surface area contributed by atoms with E-state index in [1.807, 2.05) is 24.3 Å². The fourth-order valence-corrected chi connectivity index (χ4v) is 5.65. The fraction of sp³-hybridized carbons (Fsp3) is 0.312. The summed E-state index contributed by atoms with van der Waals surface area (Å²) in [5.74, 6) is -1.54. The second-order valence-corrected chi connectivity index (χ2v) is 10.5. The molecule has 1 aliphatic carbocycles. The number of carbonyl (C=O) groups is 4. The Morgan fingerprint density at radius 3 is 2.44 bits per heavy atom. The molecule has 0 saturated carbocycles. The van der Waals surface area contributed by atoms with Gasteiger partial charge in [-0.15, -0.1) is 0 Å². The van der Waals surface area contributed by atoms with Gasteiger partial charge in [0.25, 0.3) is 5.91 Å². The SMILES string of the molecule is O=C(COC(=O)c1ccc(N2C(=O)CC(NCCN3CCOCC3)C2=O)cc1)c1ccc2c(c1)Cc1ccccc1-2.